The van der Waals surface area contributed by atoms with Gasteiger partial charge in [0, 0.05) is 24.7 Å². The summed E-state index contributed by atoms with van der Waals surface area (Å²) in [5, 5.41) is 2.88. The van der Waals surface area contributed by atoms with Crippen LogP contribution in [0.1, 0.15) is 40.0 Å². The fourth-order valence-corrected chi connectivity index (χ4v) is 2.33. The number of nitrogens with zero attached hydrogens (tertiary/aromatic N) is 1. The van der Waals surface area contributed by atoms with Crippen LogP contribution in [-0.2, 0) is 4.74 Å². The molecule has 1 amide bonds. The Labute approximate surface area is 125 Å². The van der Waals surface area contributed by atoms with Crippen molar-refractivity contribution in [3.63, 3.8) is 0 Å². The Bertz CT molecular complexity index is 499. The third-order valence-electron chi connectivity index (χ3n) is 3.21. The monoisotopic (exact) mass is 293 g/mol. The van der Waals surface area contributed by atoms with E-state index in [1.54, 1.807) is 18.5 Å². The molecule has 6 nitrogen and oxygen atoms in total. The van der Waals surface area contributed by atoms with Crippen LogP contribution in [0.3, 0.4) is 0 Å². The number of nitrogens with two attached hydrogens (primary N) is 1. The van der Waals surface area contributed by atoms with Crippen LogP contribution in [0.15, 0.2) is 18.5 Å². The zero-order chi connectivity index (χ0) is 15.5. The number of carbonyl (C=O) groups excluding carboxylic acids is 1. The second-order valence-electron chi connectivity index (χ2n) is 6.31. The zero-order valence-electron chi connectivity index (χ0n) is 12.8. The molecule has 0 unspecified atom stereocenters. The Balaban J connectivity index is 1.81. The van der Waals surface area contributed by atoms with Gasteiger partial charge < -0.3 is 20.5 Å². The molecule has 3 N–H and O–H groups in total. The van der Waals surface area contributed by atoms with Crippen LogP contribution in [0.4, 0.5) is 10.5 Å². The van der Waals surface area contributed by atoms with Gasteiger partial charge in [-0.2, -0.15) is 0 Å². The minimum atomic E-state index is -0.482. The van der Waals surface area contributed by atoms with Crippen molar-refractivity contribution < 1.29 is 14.3 Å². The maximum atomic E-state index is 11.7. The second kappa shape index (κ2) is 6.20. The minimum Gasteiger partial charge on any atom is -0.488 e. The molecule has 1 aromatic rings. The molecule has 0 radical (unpaired) electrons. The topological polar surface area (TPSA) is 86.5 Å². The van der Waals surface area contributed by atoms with Crippen molar-refractivity contribution >= 4 is 11.8 Å². The maximum absolute atomic E-state index is 11.7. The fraction of sp³-hybridized carbons (Fsp3) is 0.600. The molecular weight excluding hydrogens is 270 g/mol. The number of rotatable bonds is 3. The highest BCUT2D eigenvalue weighted by Crippen LogP contribution is 2.27. The molecule has 2 rings (SSSR count). The summed E-state index contributed by atoms with van der Waals surface area (Å²) in [7, 11) is 0. The number of nitrogens with one attached hydrogen (secondary N) is 1. The lowest BCUT2D eigenvalue weighted by Crippen LogP contribution is -2.38. The summed E-state index contributed by atoms with van der Waals surface area (Å²) < 4.78 is 11.1. The second-order valence-corrected chi connectivity index (χ2v) is 6.31. The first kappa shape index (κ1) is 15.4. The van der Waals surface area contributed by atoms with Crippen LogP contribution in [0.5, 0.6) is 5.75 Å². The van der Waals surface area contributed by atoms with Gasteiger partial charge in [-0.1, -0.05) is 0 Å². The molecule has 6 heteroatoms. The number of anilines is 1. The number of hydrogen-bond donors (Lipinski definition) is 2. The van der Waals surface area contributed by atoms with Gasteiger partial charge in [0.05, 0.1) is 11.9 Å². The van der Waals surface area contributed by atoms with E-state index in [1.165, 1.54) is 0 Å². The van der Waals surface area contributed by atoms with E-state index < -0.39 is 5.60 Å². The summed E-state index contributed by atoms with van der Waals surface area (Å²) >= 11 is 0. The van der Waals surface area contributed by atoms with Gasteiger partial charge in [-0.15, -0.1) is 0 Å². The number of aromatic nitrogens is 1. The maximum Gasteiger partial charge on any atom is 0.407 e. The van der Waals surface area contributed by atoms with E-state index in [-0.39, 0.29) is 18.2 Å². The van der Waals surface area contributed by atoms with Crippen molar-refractivity contribution in [2.75, 3.05) is 5.73 Å². The van der Waals surface area contributed by atoms with E-state index in [1.807, 2.05) is 20.8 Å². The predicted octanol–water partition coefficient (Wildman–Crippen LogP) is 2.49. The van der Waals surface area contributed by atoms with Crippen LogP contribution < -0.4 is 15.8 Å². The summed E-state index contributed by atoms with van der Waals surface area (Å²) in [6.45, 7) is 5.54. The first-order chi connectivity index (χ1) is 9.83. The molecule has 116 valence electrons. The molecule has 1 heterocycles. The van der Waals surface area contributed by atoms with Crippen molar-refractivity contribution in [2.24, 2.45) is 0 Å². The summed E-state index contributed by atoms with van der Waals surface area (Å²) in [6, 6.07) is 1.83. The standard InChI is InChI=1S/C15H23N3O3/c1-15(2,3)21-14(19)18-10-4-5-11(8-10)20-13-6-7-17-9-12(13)16/h6-7,9-11H,4-5,8,16H2,1-3H3,(H,18,19)/t10-,11-/m0/s1. The van der Waals surface area contributed by atoms with Crippen molar-refractivity contribution in [3.05, 3.63) is 18.5 Å². The third kappa shape index (κ3) is 4.81. The van der Waals surface area contributed by atoms with Gasteiger partial charge in [0.15, 0.2) is 0 Å². The van der Waals surface area contributed by atoms with Gasteiger partial charge in [0.25, 0.3) is 0 Å². The summed E-state index contributed by atoms with van der Waals surface area (Å²) in [5.41, 5.74) is 5.85. The lowest BCUT2D eigenvalue weighted by molar-refractivity contribution is 0.0503. The number of pyridine rings is 1. The van der Waals surface area contributed by atoms with E-state index in [0.29, 0.717) is 11.4 Å². The molecule has 0 bridgehead atoms. The van der Waals surface area contributed by atoms with Crippen LogP contribution in [0, 0.1) is 0 Å². The van der Waals surface area contributed by atoms with E-state index in [2.05, 4.69) is 10.3 Å². The lowest BCUT2D eigenvalue weighted by Gasteiger charge is -2.21. The first-order valence-electron chi connectivity index (χ1n) is 7.19. The van der Waals surface area contributed by atoms with E-state index in [9.17, 15) is 4.79 Å². The number of nitrogen functional groups attached to an aromatic ring is 1. The Morgan fingerprint density at radius 1 is 1.43 bits per heavy atom. The SMILES string of the molecule is CC(C)(C)OC(=O)N[C@H]1CC[C@H](Oc2ccncc2N)C1. The molecule has 1 fully saturated rings. The normalized spacial score (nSPS) is 21.9. The van der Waals surface area contributed by atoms with Gasteiger partial charge in [-0.25, -0.2) is 4.79 Å². The highest BCUT2D eigenvalue weighted by atomic mass is 16.6. The predicted molar refractivity (Wildman–Crippen MR) is 80.1 cm³/mol. The quantitative estimate of drug-likeness (QED) is 0.894. The third-order valence-corrected chi connectivity index (χ3v) is 3.21. The van der Waals surface area contributed by atoms with E-state index >= 15 is 0 Å². The first-order valence-corrected chi connectivity index (χ1v) is 7.19. The average molecular weight is 293 g/mol. The zero-order valence-corrected chi connectivity index (χ0v) is 12.8. The smallest absolute Gasteiger partial charge is 0.407 e. The molecule has 0 spiro atoms. The number of carbonyl (C=O) groups is 1. The summed E-state index contributed by atoms with van der Waals surface area (Å²) in [6.07, 6.45) is 5.39. The van der Waals surface area contributed by atoms with Crippen molar-refractivity contribution in [2.45, 2.75) is 57.8 Å². The van der Waals surface area contributed by atoms with E-state index in [4.69, 9.17) is 15.2 Å². The van der Waals surface area contributed by atoms with Crippen LogP contribution in [0.2, 0.25) is 0 Å². The van der Waals surface area contributed by atoms with E-state index in [0.717, 1.165) is 19.3 Å². The van der Waals surface area contributed by atoms with Gasteiger partial charge in [0.1, 0.15) is 17.5 Å². The number of hydrogen-bond acceptors (Lipinski definition) is 5. The number of alkyl carbamates (subject to hydrolysis) is 1. The fourth-order valence-electron chi connectivity index (χ4n) is 2.33. The van der Waals surface area contributed by atoms with Crippen LogP contribution in [-0.4, -0.2) is 28.8 Å². The minimum absolute atomic E-state index is 0.0506. The molecule has 21 heavy (non-hydrogen) atoms. The average Bonchev–Trinajstić information content (AvgIpc) is 2.77. The Kier molecular flexibility index (Phi) is 4.55. The highest BCUT2D eigenvalue weighted by Gasteiger charge is 2.29. The van der Waals surface area contributed by atoms with Crippen molar-refractivity contribution in [3.8, 4) is 5.75 Å². The van der Waals surface area contributed by atoms with Crippen molar-refractivity contribution in [1.82, 2.24) is 10.3 Å². The van der Waals surface area contributed by atoms with Gasteiger partial charge in [0.2, 0.25) is 0 Å². The largest absolute Gasteiger partial charge is 0.488 e. The molecular formula is C15H23N3O3. The summed E-state index contributed by atoms with van der Waals surface area (Å²) in [5.74, 6) is 0.646. The number of ether oxygens (including phenoxy) is 2. The molecule has 0 saturated heterocycles. The van der Waals surface area contributed by atoms with Gasteiger partial charge in [-0.05, 0) is 33.6 Å². The number of amides is 1. The Hall–Kier alpha value is -1.98. The van der Waals surface area contributed by atoms with Gasteiger partial charge in [-0.3, -0.25) is 4.98 Å². The summed E-state index contributed by atoms with van der Waals surface area (Å²) in [4.78, 5) is 15.7. The molecule has 0 aliphatic heterocycles. The van der Waals surface area contributed by atoms with Crippen molar-refractivity contribution in [1.29, 1.82) is 0 Å². The molecule has 1 aliphatic carbocycles. The molecule has 1 aliphatic rings. The molecule has 0 aromatic carbocycles. The van der Waals surface area contributed by atoms with Gasteiger partial charge >= 0.3 is 6.09 Å². The van der Waals surface area contributed by atoms with Crippen LogP contribution >= 0.6 is 0 Å². The lowest BCUT2D eigenvalue weighted by atomic mass is 10.2. The highest BCUT2D eigenvalue weighted by molar-refractivity contribution is 5.68. The Morgan fingerprint density at radius 3 is 2.86 bits per heavy atom. The molecule has 1 aromatic heterocycles. The van der Waals surface area contributed by atoms with Crippen LogP contribution in [0.25, 0.3) is 0 Å². The molecule has 2 atom stereocenters. The molecule has 1 saturated carbocycles. The Morgan fingerprint density at radius 2 is 2.19 bits per heavy atom.